The van der Waals surface area contributed by atoms with Crippen molar-refractivity contribution in [1.29, 1.82) is 0 Å². The van der Waals surface area contributed by atoms with Gasteiger partial charge in [-0.25, -0.2) is 4.98 Å². The molecule has 0 radical (unpaired) electrons. The highest BCUT2D eigenvalue weighted by atomic mass is 16.1. The van der Waals surface area contributed by atoms with Gasteiger partial charge >= 0.3 is 0 Å². The number of rotatable bonds is 1. The third kappa shape index (κ3) is 2.37. The van der Waals surface area contributed by atoms with Crippen molar-refractivity contribution in [1.82, 2.24) is 9.97 Å². The average molecular weight is 207 g/mol. The molecule has 1 aliphatic heterocycles. The summed E-state index contributed by atoms with van der Waals surface area (Å²) >= 11 is 0. The third-order valence-electron chi connectivity index (χ3n) is 2.81. The second-order valence-corrected chi connectivity index (χ2v) is 4.40. The second kappa shape index (κ2) is 4.04. The number of anilines is 1. The van der Waals surface area contributed by atoms with E-state index in [2.05, 4.69) is 21.8 Å². The van der Waals surface area contributed by atoms with Gasteiger partial charge in [0.05, 0.1) is 0 Å². The summed E-state index contributed by atoms with van der Waals surface area (Å²) in [5.74, 6) is 1.41. The van der Waals surface area contributed by atoms with E-state index in [1.54, 1.807) is 0 Å². The van der Waals surface area contributed by atoms with Crippen LogP contribution in [-0.4, -0.2) is 23.1 Å². The van der Waals surface area contributed by atoms with Gasteiger partial charge in [-0.3, -0.25) is 9.78 Å². The van der Waals surface area contributed by atoms with Crippen LogP contribution in [-0.2, 0) is 0 Å². The summed E-state index contributed by atoms with van der Waals surface area (Å²) in [4.78, 5) is 20.6. The molecule has 1 saturated heterocycles. The van der Waals surface area contributed by atoms with Crippen molar-refractivity contribution in [2.24, 2.45) is 5.92 Å². The van der Waals surface area contributed by atoms with Crippen LogP contribution in [0.4, 0.5) is 5.95 Å². The molecule has 1 aliphatic rings. The van der Waals surface area contributed by atoms with Gasteiger partial charge in [0.2, 0.25) is 5.95 Å². The van der Waals surface area contributed by atoms with E-state index in [9.17, 15) is 4.79 Å². The predicted octanol–water partition coefficient (Wildman–Crippen LogP) is 1.31. The lowest BCUT2D eigenvalue weighted by Crippen LogP contribution is -2.36. The summed E-state index contributed by atoms with van der Waals surface area (Å²) in [5.41, 5.74) is 0.725. The Morgan fingerprint density at radius 2 is 2.40 bits per heavy atom. The first-order valence-corrected chi connectivity index (χ1v) is 5.48. The second-order valence-electron chi connectivity index (χ2n) is 4.40. The van der Waals surface area contributed by atoms with E-state index in [1.165, 1.54) is 18.9 Å². The van der Waals surface area contributed by atoms with Gasteiger partial charge in [0.25, 0.3) is 5.56 Å². The molecule has 1 aromatic rings. The highest BCUT2D eigenvalue weighted by molar-refractivity contribution is 5.30. The van der Waals surface area contributed by atoms with Crippen LogP contribution in [0, 0.1) is 12.8 Å². The highest BCUT2D eigenvalue weighted by Crippen LogP contribution is 2.18. The Morgan fingerprint density at radius 1 is 1.60 bits per heavy atom. The first-order chi connectivity index (χ1) is 7.15. The zero-order chi connectivity index (χ0) is 10.8. The molecule has 0 unspecified atom stereocenters. The van der Waals surface area contributed by atoms with Crippen LogP contribution in [0.5, 0.6) is 0 Å². The van der Waals surface area contributed by atoms with Crippen LogP contribution in [0.1, 0.15) is 25.5 Å². The lowest BCUT2D eigenvalue weighted by atomic mass is 10.0. The normalized spacial score (nSPS) is 21.7. The minimum absolute atomic E-state index is 0.0595. The minimum Gasteiger partial charge on any atom is -0.342 e. The third-order valence-corrected chi connectivity index (χ3v) is 2.81. The van der Waals surface area contributed by atoms with Gasteiger partial charge in [-0.2, -0.15) is 0 Å². The van der Waals surface area contributed by atoms with Crippen LogP contribution >= 0.6 is 0 Å². The van der Waals surface area contributed by atoms with E-state index < -0.39 is 0 Å². The lowest BCUT2D eigenvalue weighted by Gasteiger charge is -2.31. The Kier molecular flexibility index (Phi) is 2.75. The number of H-pyrrole nitrogens is 1. The molecule has 15 heavy (non-hydrogen) atoms. The topological polar surface area (TPSA) is 49.0 Å². The van der Waals surface area contributed by atoms with Crippen molar-refractivity contribution in [3.05, 3.63) is 22.1 Å². The van der Waals surface area contributed by atoms with Gasteiger partial charge in [-0.05, 0) is 25.7 Å². The maximum absolute atomic E-state index is 11.3. The molecule has 0 amide bonds. The Bertz CT molecular complexity index is 399. The zero-order valence-corrected chi connectivity index (χ0v) is 9.29. The number of nitrogens with zero attached hydrogens (tertiary/aromatic N) is 2. The van der Waals surface area contributed by atoms with Crippen LogP contribution in [0.15, 0.2) is 10.9 Å². The summed E-state index contributed by atoms with van der Waals surface area (Å²) < 4.78 is 0. The zero-order valence-electron chi connectivity index (χ0n) is 9.29. The molecule has 82 valence electrons. The summed E-state index contributed by atoms with van der Waals surface area (Å²) in [6, 6.07) is 1.52. The molecule has 0 saturated carbocycles. The maximum atomic E-state index is 11.3. The fourth-order valence-corrected chi connectivity index (χ4v) is 2.09. The standard InChI is InChI=1S/C11H17N3O/c1-8-4-3-5-14(7-8)11-12-9(2)6-10(15)13-11/h6,8H,3-5,7H2,1-2H3,(H,12,13,15)/t8-/m1/s1. The predicted molar refractivity (Wildman–Crippen MR) is 60.2 cm³/mol. The van der Waals surface area contributed by atoms with Crippen LogP contribution < -0.4 is 10.5 Å². The monoisotopic (exact) mass is 207 g/mol. The molecule has 2 heterocycles. The fraction of sp³-hybridized carbons (Fsp3) is 0.636. The number of hydrogen-bond donors (Lipinski definition) is 1. The first kappa shape index (κ1) is 10.2. The Balaban J connectivity index is 2.24. The molecular formula is C11H17N3O. The van der Waals surface area contributed by atoms with Gasteiger partial charge in [0.15, 0.2) is 0 Å². The number of hydrogen-bond acceptors (Lipinski definition) is 3. The SMILES string of the molecule is Cc1cc(=O)[nH]c(N2CCC[C@@H](C)C2)n1. The fourth-order valence-electron chi connectivity index (χ4n) is 2.09. The van der Waals surface area contributed by atoms with Crippen molar-refractivity contribution >= 4 is 5.95 Å². The minimum atomic E-state index is -0.0595. The van der Waals surface area contributed by atoms with E-state index in [-0.39, 0.29) is 5.56 Å². The van der Waals surface area contributed by atoms with Crippen LogP contribution in [0.25, 0.3) is 0 Å². The van der Waals surface area contributed by atoms with Gasteiger partial charge in [0.1, 0.15) is 0 Å². The van der Waals surface area contributed by atoms with Crippen molar-refractivity contribution < 1.29 is 0 Å². The molecule has 0 aliphatic carbocycles. The van der Waals surface area contributed by atoms with Crippen molar-refractivity contribution in [2.45, 2.75) is 26.7 Å². The summed E-state index contributed by atoms with van der Waals surface area (Å²) in [7, 11) is 0. The van der Waals surface area contributed by atoms with Crippen molar-refractivity contribution in [2.75, 3.05) is 18.0 Å². The van der Waals surface area contributed by atoms with Gasteiger partial charge in [-0.15, -0.1) is 0 Å². The van der Waals surface area contributed by atoms with E-state index in [0.717, 1.165) is 24.7 Å². The van der Waals surface area contributed by atoms with Gasteiger partial charge in [-0.1, -0.05) is 6.92 Å². The quantitative estimate of drug-likeness (QED) is 0.755. The van der Waals surface area contributed by atoms with Gasteiger partial charge < -0.3 is 4.90 Å². The van der Waals surface area contributed by atoms with E-state index in [1.807, 2.05) is 6.92 Å². The van der Waals surface area contributed by atoms with Crippen molar-refractivity contribution in [3.8, 4) is 0 Å². The summed E-state index contributed by atoms with van der Waals surface area (Å²) in [5, 5.41) is 0. The first-order valence-electron chi connectivity index (χ1n) is 5.48. The van der Waals surface area contributed by atoms with Crippen LogP contribution in [0.2, 0.25) is 0 Å². The number of aryl methyl sites for hydroxylation is 1. The Labute approximate surface area is 89.3 Å². The molecule has 0 spiro atoms. The highest BCUT2D eigenvalue weighted by Gasteiger charge is 2.18. The number of aromatic nitrogens is 2. The number of piperidine rings is 1. The number of nitrogens with one attached hydrogen (secondary N) is 1. The van der Waals surface area contributed by atoms with Crippen molar-refractivity contribution in [3.63, 3.8) is 0 Å². The summed E-state index contributed by atoms with van der Waals surface area (Å²) in [6.45, 7) is 6.08. The van der Waals surface area contributed by atoms with E-state index in [0.29, 0.717) is 5.92 Å². The molecule has 4 nitrogen and oxygen atoms in total. The molecule has 1 fully saturated rings. The maximum Gasteiger partial charge on any atom is 0.252 e. The molecule has 1 aromatic heterocycles. The molecular weight excluding hydrogens is 190 g/mol. The number of aromatic amines is 1. The summed E-state index contributed by atoms with van der Waals surface area (Å²) in [6.07, 6.45) is 2.45. The Hall–Kier alpha value is -1.32. The van der Waals surface area contributed by atoms with Gasteiger partial charge in [0, 0.05) is 24.8 Å². The molecule has 0 aromatic carbocycles. The Morgan fingerprint density at radius 3 is 3.07 bits per heavy atom. The van der Waals surface area contributed by atoms with E-state index in [4.69, 9.17) is 0 Å². The van der Waals surface area contributed by atoms with Crippen LogP contribution in [0.3, 0.4) is 0 Å². The lowest BCUT2D eigenvalue weighted by molar-refractivity contribution is 0.441. The molecule has 4 heteroatoms. The largest absolute Gasteiger partial charge is 0.342 e. The molecule has 1 N–H and O–H groups in total. The average Bonchev–Trinajstić information content (AvgIpc) is 2.16. The smallest absolute Gasteiger partial charge is 0.252 e. The van der Waals surface area contributed by atoms with E-state index >= 15 is 0 Å². The molecule has 1 atom stereocenters. The molecule has 0 bridgehead atoms. The molecule has 2 rings (SSSR count).